The van der Waals surface area contributed by atoms with Crippen LogP contribution in [0.2, 0.25) is 0 Å². The molecule has 0 aromatic carbocycles. The fourth-order valence-corrected chi connectivity index (χ4v) is 0. The Bertz CT molecular complexity index is 54.7. The quantitative estimate of drug-likeness (QED) is 0.118. The van der Waals surface area contributed by atoms with Crippen LogP contribution >= 0.6 is 0 Å². The zero-order valence-electron chi connectivity index (χ0n) is 2.70. The molecule has 7 heavy (non-hydrogen) atoms. The maximum atomic E-state index is 8.11. The second kappa shape index (κ2) is 43.3. The molecule has 0 rings (SSSR count). The van der Waals surface area contributed by atoms with Gasteiger partial charge in [0.25, 0.3) is 0 Å². The molecule has 36 valence electrons. The Morgan fingerprint density at radius 1 is 1.86 bits per heavy atom. The Balaban J connectivity index is -0.0000000400. The second-order valence-electron chi connectivity index (χ2n) is 0.182. The summed E-state index contributed by atoms with van der Waals surface area (Å²) in [7, 11) is 0. The second-order valence-corrected chi connectivity index (χ2v) is 0.182. The first-order chi connectivity index (χ1) is 2.83. The Kier molecular flexibility index (Phi) is 98.4. The number of hydrogen-bond acceptors (Lipinski definition) is 3. The third kappa shape index (κ3) is 935. The van der Waals surface area contributed by atoms with E-state index in [1.807, 2.05) is 0 Å². The van der Waals surface area contributed by atoms with Gasteiger partial charge in [0.1, 0.15) is 0 Å². The van der Waals surface area contributed by atoms with Gasteiger partial charge in [-0.3, -0.25) is 0 Å². The first kappa shape index (κ1) is 15.9. The molecule has 0 atom stereocenters. The van der Waals surface area contributed by atoms with Crippen molar-refractivity contribution in [2.45, 2.75) is 0 Å². The van der Waals surface area contributed by atoms with Crippen LogP contribution in [0.15, 0.2) is 5.34 Å². The predicted molar refractivity (Wildman–Crippen MR) is 24.2 cm³/mol. The van der Waals surface area contributed by atoms with Gasteiger partial charge < -0.3 is 5.21 Å². The molecule has 0 heterocycles. The fraction of sp³-hybridized carbons (Fsp3) is 0. The average Bonchev–Trinajstić information content (AvgIpc) is 1.39. The molecule has 0 aromatic heterocycles. The van der Waals surface area contributed by atoms with Crippen LogP contribution in [0.4, 0.5) is 0 Å². The predicted octanol–water partition coefficient (Wildman–Crippen LogP) is 0.369. The van der Waals surface area contributed by atoms with E-state index < -0.39 is 0 Å². The topological polar surface area (TPSA) is 110 Å². The van der Waals surface area contributed by atoms with Gasteiger partial charge in [-0.05, 0) is 10.4 Å². The van der Waals surface area contributed by atoms with E-state index in [9.17, 15) is 0 Å². The van der Waals surface area contributed by atoms with Gasteiger partial charge in [0.15, 0.2) is 5.34 Å². The Labute approximate surface area is 61.2 Å². The van der Waals surface area contributed by atoms with Crippen LogP contribution < -0.4 is 0 Å². The molecule has 0 aliphatic rings. The molecule has 0 radical (unpaired) electrons. The summed E-state index contributed by atoms with van der Waals surface area (Å²) in [5, 5.41) is 7.89. The van der Waals surface area contributed by atoms with E-state index in [0.29, 0.717) is 0 Å². The van der Waals surface area contributed by atoms with Crippen LogP contribution in [-0.2, 0) is 0 Å². The van der Waals surface area contributed by atoms with Gasteiger partial charge >= 0.3 is 29.6 Å². The summed E-state index contributed by atoms with van der Waals surface area (Å²) in [5.74, 6) is 0. The molecule has 0 saturated heterocycles. The molecule has 6 nitrogen and oxygen atoms in total. The summed E-state index contributed by atoms with van der Waals surface area (Å²) < 4.78 is 0. The van der Waals surface area contributed by atoms with Gasteiger partial charge in [-0.15, -0.1) is 10.4 Å². The summed E-state index contributed by atoms with van der Waals surface area (Å²) >= 11 is 0. The Morgan fingerprint density at radius 3 is 1.86 bits per heavy atom. The number of nitrogens with zero attached hydrogens (tertiary/aromatic N) is 3. The summed E-state index contributed by atoms with van der Waals surface area (Å²) in [5.41, 5.74) is 12.2. The van der Waals surface area contributed by atoms with Crippen molar-refractivity contribution >= 4 is 29.6 Å². The van der Waals surface area contributed by atoms with Crippen molar-refractivity contribution < 1.29 is 5.21 Å². The minimum absolute atomic E-state index is 0. The molecule has 0 spiro atoms. The fourth-order valence-electron chi connectivity index (χ4n) is 0. The first-order valence-corrected chi connectivity index (χ1v) is 0.806. The van der Waals surface area contributed by atoms with Gasteiger partial charge in [0, 0.05) is 0 Å². The summed E-state index contributed by atoms with van der Waals surface area (Å²) in [6.45, 7) is 0. The molecular weight excluding hydrogens is 111 g/mol. The molecule has 0 unspecified atom stereocenters. The Hall–Kier alpha value is -0.290. The molecule has 0 fully saturated rings. The zero-order chi connectivity index (χ0) is 5.41. The van der Waals surface area contributed by atoms with Gasteiger partial charge in [0.2, 0.25) is 0 Å². The van der Waals surface area contributed by atoms with E-state index in [2.05, 4.69) is 0 Å². The molecule has 7 heteroatoms. The van der Waals surface area contributed by atoms with E-state index >= 15 is 0 Å². The van der Waals surface area contributed by atoms with Crippen molar-refractivity contribution in [3.05, 3.63) is 15.3 Å². The van der Waals surface area contributed by atoms with Crippen molar-refractivity contribution in [1.82, 2.24) is 0 Å². The van der Waals surface area contributed by atoms with E-state index in [1.165, 1.54) is 5.34 Å². The first-order valence-electron chi connectivity index (χ1n) is 0.806. The van der Waals surface area contributed by atoms with Crippen molar-refractivity contribution in [3.63, 3.8) is 0 Å². The van der Waals surface area contributed by atoms with Crippen LogP contribution in [0.25, 0.3) is 10.4 Å². The third-order valence-corrected chi connectivity index (χ3v) is 0. The Morgan fingerprint density at radius 2 is 1.86 bits per heavy atom. The van der Waals surface area contributed by atoms with Gasteiger partial charge in [-0.1, -0.05) is 0 Å². The van der Waals surface area contributed by atoms with Crippen molar-refractivity contribution in [2.24, 2.45) is 5.34 Å². The third-order valence-electron chi connectivity index (χ3n) is 0. The average molecular weight is 114 g/mol. The van der Waals surface area contributed by atoms with E-state index in [1.54, 1.807) is 4.91 Å². The number of hydrogen-bond donors (Lipinski definition) is 2. The van der Waals surface area contributed by atoms with Crippen molar-refractivity contribution in [1.29, 1.82) is 5.53 Å². The van der Waals surface area contributed by atoms with E-state index in [0.717, 1.165) is 0 Å². The van der Waals surface area contributed by atoms with Crippen LogP contribution in [0.3, 0.4) is 0 Å². The molecule has 0 bridgehead atoms. The normalized spacial score (nSPS) is 2.86. The van der Waals surface area contributed by atoms with E-state index in [-0.39, 0.29) is 29.6 Å². The van der Waals surface area contributed by atoms with Crippen LogP contribution in [0.1, 0.15) is 0 Å². The molecule has 2 N–H and O–H groups in total. The van der Waals surface area contributed by atoms with Crippen LogP contribution in [-0.4, -0.2) is 34.8 Å². The zero-order valence-corrected chi connectivity index (χ0v) is 2.70. The maximum absolute atomic E-state index is 8.11. The van der Waals surface area contributed by atoms with Crippen LogP contribution in [0.5, 0.6) is 0 Å². The van der Waals surface area contributed by atoms with Gasteiger partial charge in [0.05, 0.1) is 0 Å². The van der Waals surface area contributed by atoms with E-state index in [4.69, 9.17) is 21.2 Å². The summed E-state index contributed by atoms with van der Waals surface area (Å²) in [6, 6.07) is 0. The van der Waals surface area contributed by atoms with Crippen molar-refractivity contribution in [3.8, 4) is 0 Å². The molecule has 0 aliphatic heterocycles. The molecule has 0 aromatic rings. The number of rotatable bonds is 0. The van der Waals surface area contributed by atoms with Crippen molar-refractivity contribution in [2.75, 3.05) is 0 Å². The molecule has 0 saturated carbocycles. The SMILES string of the molecule is O=NO.[N-]=[N+]=N.[NaH]. The molecule has 0 amide bonds. The summed E-state index contributed by atoms with van der Waals surface area (Å²) in [6.07, 6.45) is 0. The number of nitrogens with one attached hydrogen (secondary N) is 1. The van der Waals surface area contributed by atoms with Gasteiger partial charge in [-0.2, -0.15) is 0 Å². The minimum atomic E-state index is 0. The van der Waals surface area contributed by atoms with Crippen LogP contribution in [0, 0.1) is 10.4 Å². The van der Waals surface area contributed by atoms with Gasteiger partial charge in [-0.25, -0.2) is 0 Å². The molecule has 0 aliphatic carbocycles. The molecular formula is H3N4NaO2. The standard InChI is InChI=1S/HN3.HNO2.Na.H/c1-3-2;2-1-3;;/h1H;(H,2,3);;. The monoisotopic (exact) mass is 114 g/mol. The summed E-state index contributed by atoms with van der Waals surface area (Å²) in [4.78, 5) is 9.86.